The minimum atomic E-state index is -0.121. The molecule has 0 aliphatic carbocycles. The molecule has 0 fully saturated rings. The molecule has 0 saturated carbocycles. The van der Waals surface area contributed by atoms with Gasteiger partial charge in [-0.05, 0) is 51.5 Å². The number of amides is 2. The van der Waals surface area contributed by atoms with E-state index in [4.69, 9.17) is 0 Å². The molecule has 0 radical (unpaired) electrons. The SMILES string of the molecule is CCc1cccc(C)c1N(CC(=O)NCCCN(C)C)C(C)=O. The topological polar surface area (TPSA) is 52.7 Å². The molecule has 0 saturated heterocycles. The van der Waals surface area contributed by atoms with Crippen molar-refractivity contribution in [3.05, 3.63) is 29.3 Å². The molecule has 2 amide bonds. The lowest BCUT2D eigenvalue weighted by atomic mass is 10.0. The van der Waals surface area contributed by atoms with Gasteiger partial charge >= 0.3 is 0 Å². The van der Waals surface area contributed by atoms with Gasteiger partial charge in [0.2, 0.25) is 11.8 Å². The number of rotatable bonds is 8. The third-order valence-corrected chi connectivity index (χ3v) is 3.76. The predicted molar refractivity (Wildman–Crippen MR) is 94.8 cm³/mol. The van der Waals surface area contributed by atoms with Crippen LogP contribution in [0, 0.1) is 6.92 Å². The Kier molecular flexibility index (Phi) is 7.75. The van der Waals surface area contributed by atoms with Crippen LogP contribution in [0.1, 0.15) is 31.4 Å². The lowest BCUT2D eigenvalue weighted by Gasteiger charge is -2.25. The van der Waals surface area contributed by atoms with Crippen molar-refractivity contribution in [2.24, 2.45) is 0 Å². The Labute approximate surface area is 139 Å². The molecule has 128 valence electrons. The van der Waals surface area contributed by atoms with E-state index in [9.17, 15) is 9.59 Å². The minimum Gasteiger partial charge on any atom is -0.355 e. The number of nitrogens with zero attached hydrogens (tertiary/aromatic N) is 2. The first kappa shape index (κ1) is 19.2. The average Bonchev–Trinajstić information content (AvgIpc) is 2.49. The standard InChI is InChI=1S/C18H29N3O2/c1-6-16-10-7-9-14(2)18(16)21(15(3)22)13-17(23)19-11-8-12-20(4)5/h7,9-10H,6,8,11-13H2,1-5H3,(H,19,23). The summed E-state index contributed by atoms with van der Waals surface area (Å²) in [5.74, 6) is -0.235. The van der Waals surface area contributed by atoms with E-state index in [2.05, 4.69) is 17.1 Å². The Bertz CT molecular complexity index is 541. The van der Waals surface area contributed by atoms with Crippen molar-refractivity contribution in [1.29, 1.82) is 0 Å². The molecule has 0 bridgehead atoms. The van der Waals surface area contributed by atoms with E-state index >= 15 is 0 Å². The van der Waals surface area contributed by atoms with Crippen LogP contribution < -0.4 is 10.2 Å². The molecule has 0 spiro atoms. The fourth-order valence-electron chi connectivity index (χ4n) is 2.56. The van der Waals surface area contributed by atoms with Gasteiger partial charge in [-0.25, -0.2) is 0 Å². The largest absolute Gasteiger partial charge is 0.355 e. The normalized spacial score (nSPS) is 10.7. The average molecular weight is 319 g/mol. The van der Waals surface area contributed by atoms with Crippen molar-refractivity contribution < 1.29 is 9.59 Å². The number of hydrogen-bond acceptors (Lipinski definition) is 3. The third-order valence-electron chi connectivity index (χ3n) is 3.76. The monoisotopic (exact) mass is 319 g/mol. The van der Waals surface area contributed by atoms with Crippen LogP contribution in [0.3, 0.4) is 0 Å². The number of aryl methyl sites for hydroxylation is 2. The van der Waals surface area contributed by atoms with E-state index in [1.54, 1.807) is 4.90 Å². The lowest BCUT2D eigenvalue weighted by Crippen LogP contribution is -2.41. The van der Waals surface area contributed by atoms with E-state index < -0.39 is 0 Å². The summed E-state index contributed by atoms with van der Waals surface area (Å²) in [6.07, 6.45) is 1.72. The summed E-state index contributed by atoms with van der Waals surface area (Å²) in [7, 11) is 4.01. The molecule has 1 aromatic rings. The second-order valence-electron chi connectivity index (χ2n) is 6.05. The second kappa shape index (κ2) is 9.30. The van der Waals surface area contributed by atoms with Crippen molar-refractivity contribution in [2.75, 3.05) is 38.6 Å². The van der Waals surface area contributed by atoms with Gasteiger partial charge in [-0.1, -0.05) is 25.1 Å². The number of anilines is 1. The third kappa shape index (κ3) is 6.02. The van der Waals surface area contributed by atoms with Crippen molar-refractivity contribution >= 4 is 17.5 Å². The highest BCUT2D eigenvalue weighted by Gasteiger charge is 2.19. The van der Waals surface area contributed by atoms with Crippen molar-refractivity contribution in [3.63, 3.8) is 0 Å². The zero-order valence-corrected chi connectivity index (χ0v) is 15.0. The molecule has 0 aliphatic heterocycles. The summed E-state index contributed by atoms with van der Waals surface area (Å²) in [5, 5.41) is 2.89. The van der Waals surface area contributed by atoms with Crippen LogP contribution >= 0.6 is 0 Å². The lowest BCUT2D eigenvalue weighted by molar-refractivity contribution is -0.123. The van der Waals surface area contributed by atoms with Gasteiger partial charge in [0.1, 0.15) is 6.54 Å². The maximum absolute atomic E-state index is 12.2. The van der Waals surface area contributed by atoms with E-state index in [0.29, 0.717) is 6.54 Å². The van der Waals surface area contributed by atoms with Gasteiger partial charge in [0.05, 0.1) is 5.69 Å². The van der Waals surface area contributed by atoms with Crippen LogP contribution in [0.2, 0.25) is 0 Å². The van der Waals surface area contributed by atoms with E-state index in [1.165, 1.54) is 6.92 Å². The fourth-order valence-corrected chi connectivity index (χ4v) is 2.56. The number of carbonyl (C=O) groups excluding carboxylic acids is 2. The summed E-state index contributed by atoms with van der Waals surface area (Å²) in [6.45, 7) is 7.14. The molecular weight excluding hydrogens is 290 g/mol. The minimum absolute atomic E-state index is 0.0646. The van der Waals surface area contributed by atoms with Gasteiger partial charge in [0.15, 0.2) is 0 Å². The van der Waals surface area contributed by atoms with Gasteiger partial charge in [-0.3, -0.25) is 9.59 Å². The number of benzene rings is 1. The maximum atomic E-state index is 12.2. The van der Waals surface area contributed by atoms with Gasteiger partial charge in [0, 0.05) is 13.5 Å². The van der Waals surface area contributed by atoms with Crippen LogP contribution in [0.4, 0.5) is 5.69 Å². The number of hydrogen-bond donors (Lipinski definition) is 1. The molecule has 0 atom stereocenters. The summed E-state index contributed by atoms with van der Waals surface area (Å²) in [6, 6.07) is 5.96. The van der Waals surface area contributed by atoms with Crippen LogP contribution in [0.25, 0.3) is 0 Å². The summed E-state index contributed by atoms with van der Waals surface area (Å²) < 4.78 is 0. The highest BCUT2D eigenvalue weighted by atomic mass is 16.2. The molecule has 0 unspecified atom stereocenters. The molecule has 0 aromatic heterocycles. The quantitative estimate of drug-likeness (QED) is 0.746. The first-order chi connectivity index (χ1) is 10.9. The van der Waals surface area contributed by atoms with Crippen molar-refractivity contribution in [3.8, 4) is 0 Å². The molecule has 1 rings (SSSR count). The summed E-state index contributed by atoms with van der Waals surface area (Å²) in [4.78, 5) is 27.9. The van der Waals surface area contributed by atoms with Crippen LogP contribution in [-0.2, 0) is 16.0 Å². The maximum Gasteiger partial charge on any atom is 0.240 e. The molecule has 23 heavy (non-hydrogen) atoms. The molecule has 0 aliphatic rings. The molecular formula is C18H29N3O2. The van der Waals surface area contributed by atoms with Crippen LogP contribution in [0.5, 0.6) is 0 Å². The Balaban J connectivity index is 2.77. The summed E-state index contributed by atoms with van der Waals surface area (Å²) in [5.41, 5.74) is 2.96. The van der Waals surface area contributed by atoms with E-state index in [0.717, 1.165) is 36.2 Å². The van der Waals surface area contributed by atoms with E-state index in [-0.39, 0.29) is 18.4 Å². The Hall–Kier alpha value is -1.88. The summed E-state index contributed by atoms with van der Waals surface area (Å²) >= 11 is 0. The number of carbonyl (C=O) groups is 2. The van der Waals surface area contributed by atoms with Gasteiger partial charge in [0.25, 0.3) is 0 Å². The van der Waals surface area contributed by atoms with Gasteiger partial charge in [-0.15, -0.1) is 0 Å². The Morgan fingerprint density at radius 1 is 1.22 bits per heavy atom. The van der Waals surface area contributed by atoms with Gasteiger partial charge < -0.3 is 15.1 Å². The number of para-hydroxylation sites is 1. The highest BCUT2D eigenvalue weighted by Crippen LogP contribution is 2.25. The number of nitrogens with one attached hydrogen (secondary N) is 1. The highest BCUT2D eigenvalue weighted by molar-refractivity contribution is 5.98. The predicted octanol–water partition coefficient (Wildman–Crippen LogP) is 1.98. The Morgan fingerprint density at radius 2 is 1.91 bits per heavy atom. The van der Waals surface area contributed by atoms with Gasteiger partial charge in [-0.2, -0.15) is 0 Å². The molecule has 5 nitrogen and oxygen atoms in total. The van der Waals surface area contributed by atoms with Crippen molar-refractivity contribution in [2.45, 2.75) is 33.6 Å². The zero-order chi connectivity index (χ0) is 17.4. The smallest absolute Gasteiger partial charge is 0.240 e. The first-order valence-electron chi connectivity index (χ1n) is 8.14. The van der Waals surface area contributed by atoms with Crippen molar-refractivity contribution in [1.82, 2.24) is 10.2 Å². The molecule has 1 N–H and O–H groups in total. The molecule has 0 heterocycles. The zero-order valence-electron chi connectivity index (χ0n) is 15.0. The molecule has 5 heteroatoms. The van der Waals surface area contributed by atoms with Crippen LogP contribution in [-0.4, -0.2) is 50.4 Å². The first-order valence-corrected chi connectivity index (χ1v) is 8.14. The fraction of sp³-hybridized carbons (Fsp3) is 0.556. The van der Waals surface area contributed by atoms with Crippen LogP contribution in [0.15, 0.2) is 18.2 Å². The van der Waals surface area contributed by atoms with E-state index in [1.807, 2.05) is 39.2 Å². The second-order valence-corrected chi connectivity index (χ2v) is 6.05. The Morgan fingerprint density at radius 3 is 2.48 bits per heavy atom. The molecule has 1 aromatic carbocycles.